The van der Waals surface area contributed by atoms with E-state index < -0.39 is 0 Å². The van der Waals surface area contributed by atoms with E-state index in [9.17, 15) is 0 Å². The van der Waals surface area contributed by atoms with Crippen molar-refractivity contribution in [2.24, 2.45) is 0 Å². The molecule has 0 spiro atoms. The van der Waals surface area contributed by atoms with Crippen LogP contribution in [0, 0.1) is 0 Å². The second-order valence-electron chi connectivity index (χ2n) is 9.04. The molecule has 7 rings (SSSR count). The molecule has 180 valence electrons. The van der Waals surface area contributed by atoms with Crippen molar-refractivity contribution in [3.05, 3.63) is 126 Å². The van der Waals surface area contributed by atoms with Crippen molar-refractivity contribution >= 4 is 37.9 Å². The molecule has 0 aliphatic rings. The lowest BCUT2D eigenvalue weighted by Gasteiger charge is -2.10. The molecule has 0 unspecified atom stereocenters. The zero-order valence-corrected chi connectivity index (χ0v) is 21.8. The average Bonchev–Trinajstić information content (AvgIpc) is 3.36. The molecule has 5 heteroatoms. The summed E-state index contributed by atoms with van der Waals surface area (Å²) in [6.45, 7) is 0. The number of aromatic nitrogens is 3. The van der Waals surface area contributed by atoms with Crippen molar-refractivity contribution in [2.75, 3.05) is 0 Å². The van der Waals surface area contributed by atoms with Gasteiger partial charge in [-0.25, -0.2) is 15.0 Å². The molecule has 5 aromatic carbocycles. The lowest BCUT2D eigenvalue weighted by molar-refractivity contribution is 0.669. The van der Waals surface area contributed by atoms with E-state index in [2.05, 4.69) is 52.3 Å². The number of furan rings is 1. The molecule has 38 heavy (non-hydrogen) atoms. The van der Waals surface area contributed by atoms with E-state index >= 15 is 0 Å². The van der Waals surface area contributed by atoms with Crippen LogP contribution in [0.2, 0.25) is 0 Å². The standard InChI is InChI=1S/C33H20BrN3O/c34-25-14-7-12-23(20-25)22-11-6-13-24(19-22)32-35-31(21-9-2-1-3-10-21)36-33(37-32)28-17-8-16-27-26-15-4-5-18-29(26)38-30(27)28/h1-20H. The third-order valence-corrected chi connectivity index (χ3v) is 7.08. The highest BCUT2D eigenvalue weighted by molar-refractivity contribution is 9.10. The first-order valence-electron chi connectivity index (χ1n) is 12.3. The van der Waals surface area contributed by atoms with E-state index in [1.807, 2.05) is 84.9 Å². The Balaban J connectivity index is 1.45. The molecule has 0 aliphatic heterocycles. The number of hydrogen-bond donors (Lipinski definition) is 0. The fourth-order valence-corrected chi connectivity index (χ4v) is 5.17. The minimum absolute atomic E-state index is 0.575. The Morgan fingerprint density at radius 2 is 1.08 bits per heavy atom. The molecule has 7 aromatic rings. The van der Waals surface area contributed by atoms with Gasteiger partial charge in [0, 0.05) is 26.4 Å². The topological polar surface area (TPSA) is 51.8 Å². The molecular formula is C33H20BrN3O. The molecule has 0 saturated heterocycles. The van der Waals surface area contributed by atoms with Crippen LogP contribution in [0.5, 0.6) is 0 Å². The van der Waals surface area contributed by atoms with Gasteiger partial charge < -0.3 is 4.42 Å². The maximum absolute atomic E-state index is 6.31. The zero-order chi connectivity index (χ0) is 25.5. The van der Waals surface area contributed by atoms with Gasteiger partial charge in [-0.15, -0.1) is 0 Å². The lowest BCUT2D eigenvalue weighted by atomic mass is 10.0. The predicted molar refractivity (Wildman–Crippen MR) is 157 cm³/mol. The minimum Gasteiger partial charge on any atom is -0.455 e. The Kier molecular flexibility index (Phi) is 5.56. The quantitative estimate of drug-likeness (QED) is 0.218. The maximum Gasteiger partial charge on any atom is 0.167 e. The first-order valence-corrected chi connectivity index (χ1v) is 13.1. The molecule has 0 aliphatic carbocycles. The van der Waals surface area contributed by atoms with Crippen LogP contribution in [0.3, 0.4) is 0 Å². The number of nitrogens with zero attached hydrogens (tertiary/aromatic N) is 3. The third-order valence-electron chi connectivity index (χ3n) is 6.59. The predicted octanol–water partition coefficient (Wildman–Crippen LogP) is 9.20. The Morgan fingerprint density at radius 3 is 1.92 bits per heavy atom. The maximum atomic E-state index is 6.31. The first-order chi connectivity index (χ1) is 18.7. The average molecular weight is 554 g/mol. The van der Waals surface area contributed by atoms with Crippen LogP contribution in [-0.4, -0.2) is 15.0 Å². The summed E-state index contributed by atoms with van der Waals surface area (Å²) >= 11 is 3.58. The van der Waals surface area contributed by atoms with E-state index in [1.165, 1.54) is 0 Å². The van der Waals surface area contributed by atoms with Gasteiger partial charge in [-0.05, 0) is 41.5 Å². The van der Waals surface area contributed by atoms with E-state index in [4.69, 9.17) is 19.4 Å². The summed E-state index contributed by atoms with van der Waals surface area (Å²) in [5.74, 6) is 1.80. The Morgan fingerprint density at radius 1 is 0.474 bits per heavy atom. The van der Waals surface area contributed by atoms with E-state index in [-0.39, 0.29) is 0 Å². The van der Waals surface area contributed by atoms with Gasteiger partial charge in [0.25, 0.3) is 0 Å². The highest BCUT2D eigenvalue weighted by Gasteiger charge is 2.17. The van der Waals surface area contributed by atoms with Crippen molar-refractivity contribution in [1.82, 2.24) is 15.0 Å². The molecule has 4 nitrogen and oxygen atoms in total. The van der Waals surface area contributed by atoms with Gasteiger partial charge in [0.15, 0.2) is 17.5 Å². The third kappa shape index (κ3) is 4.07. The van der Waals surface area contributed by atoms with Gasteiger partial charge in [0.05, 0.1) is 5.56 Å². The number of para-hydroxylation sites is 2. The van der Waals surface area contributed by atoms with Gasteiger partial charge >= 0.3 is 0 Å². The summed E-state index contributed by atoms with van der Waals surface area (Å²) in [7, 11) is 0. The molecule has 0 saturated carbocycles. The molecule has 0 atom stereocenters. The van der Waals surface area contributed by atoms with Gasteiger partial charge in [0.1, 0.15) is 11.2 Å². The van der Waals surface area contributed by atoms with Gasteiger partial charge in [-0.1, -0.05) is 107 Å². The van der Waals surface area contributed by atoms with E-state index in [1.54, 1.807) is 0 Å². The van der Waals surface area contributed by atoms with Crippen molar-refractivity contribution < 1.29 is 4.42 Å². The molecule has 0 N–H and O–H groups in total. The highest BCUT2D eigenvalue weighted by atomic mass is 79.9. The summed E-state index contributed by atoms with van der Waals surface area (Å²) in [6, 6.07) is 40.8. The summed E-state index contributed by atoms with van der Waals surface area (Å²) < 4.78 is 7.35. The van der Waals surface area contributed by atoms with E-state index in [0.29, 0.717) is 17.5 Å². The Bertz CT molecular complexity index is 1950. The second-order valence-corrected chi connectivity index (χ2v) is 9.96. The smallest absolute Gasteiger partial charge is 0.167 e. The number of halogens is 1. The fourth-order valence-electron chi connectivity index (χ4n) is 4.77. The summed E-state index contributed by atoms with van der Waals surface area (Å²) in [4.78, 5) is 14.8. The minimum atomic E-state index is 0.575. The molecule has 0 bridgehead atoms. The van der Waals surface area contributed by atoms with Crippen molar-refractivity contribution in [3.8, 4) is 45.3 Å². The van der Waals surface area contributed by atoms with Crippen molar-refractivity contribution in [3.63, 3.8) is 0 Å². The summed E-state index contributed by atoms with van der Waals surface area (Å²) in [5.41, 5.74) is 6.50. The van der Waals surface area contributed by atoms with Gasteiger partial charge in [0.2, 0.25) is 0 Å². The van der Waals surface area contributed by atoms with Crippen LogP contribution in [0.1, 0.15) is 0 Å². The monoisotopic (exact) mass is 553 g/mol. The van der Waals surface area contributed by atoms with Crippen LogP contribution in [0.4, 0.5) is 0 Å². The molecule has 0 radical (unpaired) electrons. The summed E-state index contributed by atoms with van der Waals surface area (Å²) in [6.07, 6.45) is 0. The lowest BCUT2D eigenvalue weighted by Crippen LogP contribution is -2.00. The number of rotatable bonds is 4. The first kappa shape index (κ1) is 22.6. The van der Waals surface area contributed by atoms with Crippen LogP contribution in [-0.2, 0) is 0 Å². The largest absolute Gasteiger partial charge is 0.455 e. The molecule has 0 fully saturated rings. The van der Waals surface area contributed by atoms with Crippen molar-refractivity contribution in [2.45, 2.75) is 0 Å². The summed E-state index contributed by atoms with van der Waals surface area (Å²) in [5, 5.41) is 2.11. The molecular weight excluding hydrogens is 534 g/mol. The second kappa shape index (κ2) is 9.36. The normalized spacial score (nSPS) is 11.3. The number of benzene rings is 5. The molecule has 0 amide bonds. The molecule has 2 aromatic heterocycles. The Labute approximate surface area is 227 Å². The Hall–Kier alpha value is -4.61. The van der Waals surface area contributed by atoms with Gasteiger partial charge in [-0.2, -0.15) is 0 Å². The van der Waals surface area contributed by atoms with Crippen LogP contribution in [0.15, 0.2) is 130 Å². The van der Waals surface area contributed by atoms with Crippen LogP contribution in [0.25, 0.3) is 67.2 Å². The van der Waals surface area contributed by atoms with Crippen LogP contribution < -0.4 is 0 Å². The molecule has 2 heterocycles. The zero-order valence-electron chi connectivity index (χ0n) is 20.2. The highest BCUT2D eigenvalue weighted by Crippen LogP contribution is 2.36. The van der Waals surface area contributed by atoms with Gasteiger partial charge in [-0.3, -0.25) is 0 Å². The number of fused-ring (bicyclic) bond motifs is 3. The SMILES string of the molecule is Brc1cccc(-c2cccc(-c3nc(-c4ccccc4)nc(-c4cccc5c4oc4ccccc45)n3)c2)c1. The van der Waals surface area contributed by atoms with Crippen molar-refractivity contribution in [1.29, 1.82) is 0 Å². The van der Waals surface area contributed by atoms with E-state index in [0.717, 1.165) is 54.2 Å². The fraction of sp³-hybridized carbons (Fsp3) is 0. The van der Waals surface area contributed by atoms with Crippen LogP contribution >= 0.6 is 15.9 Å². The number of hydrogen-bond acceptors (Lipinski definition) is 4.